The highest BCUT2D eigenvalue weighted by molar-refractivity contribution is 7.80. The number of nitrogens with zero attached hydrogens (tertiary/aromatic N) is 2. The van der Waals surface area contributed by atoms with Crippen molar-refractivity contribution < 1.29 is 24.0 Å². The van der Waals surface area contributed by atoms with Gasteiger partial charge in [-0.3, -0.25) is 29.9 Å². The molecule has 1 heterocycles. The molecule has 10 heteroatoms. The van der Waals surface area contributed by atoms with E-state index in [1.165, 1.54) is 36.3 Å². The second-order valence-corrected chi connectivity index (χ2v) is 6.99. The Morgan fingerprint density at radius 1 is 1.22 bits per heavy atom. The number of para-hydroxylation sites is 2. The molecule has 0 saturated carbocycles. The van der Waals surface area contributed by atoms with Crippen LogP contribution in [0.1, 0.15) is 11.1 Å². The molecular weight excluding hydrogens is 434 g/mol. The Labute approximate surface area is 189 Å². The summed E-state index contributed by atoms with van der Waals surface area (Å²) < 4.78 is 11.0. The number of benzene rings is 2. The van der Waals surface area contributed by atoms with Crippen molar-refractivity contribution in [2.75, 3.05) is 13.7 Å². The van der Waals surface area contributed by atoms with Crippen LogP contribution in [0.3, 0.4) is 0 Å². The fourth-order valence-electron chi connectivity index (χ4n) is 3.04. The van der Waals surface area contributed by atoms with E-state index in [-0.39, 0.29) is 35.3 Å². The maximum absolute atomic E-state index is 12.7. The molecule has 0 unspecified atom stereocenters. The average molecular weight is 453 g/mol. The van der Waals surface area contributed by atoms with Crippen LogP contribution in [-0.2, 0) is 16.2 Å². The Morgan fingerprint density at radius 2 is 1.97 bits per heavy atom. The monoisotopic (exact) mass is 453 g/mol. The van der Waals surface area contributed by atoms with Gasteiger partial charge in [-0.05, 0) is 42.1 Å². The minimum absolute atomic E-state index is 0.0188. The number of ether oxygens (including phenoxy) is 2. The van der Waals surface area contributed by atoms with Crippen molar-refractivity contribution >= 4 is 40.9 Å². The lowest BCUT2D eigenvalue weighted by molar-refractivity contribution is -0.385. The Balaban J connectivity index is 1.90. The number of thiocarbonyl (C=S) groups is 1. The number of nitrogens with one attached hydrogen (secondary N) is 1. The zero-order valence-corrected chi connectivity index (χ0v) is 17.9. The van der Waals surface area contributed by atoms with Gasteiger partial charge in [0.25, 0.3) is 11.8 Å². The average Bonchev–Trinajstić information content (AvgIpc) is 2.78. The Kier molecular flexibility index (Phi) is 6.96. The van der Waals surface area contributed by atoms with E-state index in [0.29, 0.717) is 16.9 Å². The largest absolute Gasteiger partial charge is 0.496 e. The van der Waals surface area contributed by atoms with Crippen LogP contribution in [0.4, 0.5) is 5.69 Å². The second-order valence-electron chi connectivity index (χ2n) is 6.61. The van der Waals surface area contributed by atoms with Crippen molar-refractivity contribution in [3.63, 3.8) is 0 Å². The van der Waals surface area contributed by atoms with Crippen molar-refractivity contribution in [2.45, 2.75) is 6.61 Å². The third-order valence-electron chi connectivity index (χ3n) is 4.56. The van der Waals surface area contributed by atoms with Crippen LogP contribution in [0.15, 0.2) is 60.7 Å². The molecule has 1 saturated heterocycles. The van der Waals surface area contributed by atoms with Crippen LogP contribution >= 0.6 is 12.2 Å². The Hall–Kier alpha value is -4.05. The molecule has 1 aliphatic rings. The highest BCUT2D eigenvalue weighted by atomic mass is 32.1. The van der Waals surface area contributed by atoms with Gasteiger partial charge >= 0.3 is 5.69 Å². The lowest BCUT2D eigenvalue weighted by Crippen LogP contribution is -2.53. The van der Waals surface area contributed by atoms with Crippen LogP contribution in [0, 0.1) is 10.1 Å². The van der Waals surface area contributed by atoms with Gasteiger partial charge in [-0.1, -0.05) is 24.3 Å². The van der Waals surface area contributed by atoms with E-state index in [2.05, 4.69) is 11.9 Å². The third kappa shape index (κ3) is 4.81. The first-order valence-electron chi connectivity index (χ1n) is 9.38. The highest BCUT2D eigenvalue weighted by Gasteiger charge is 2.32. The van der Waals surface area contributed by atoms with Crippen LogP contribution in [0.2, 0.25) is 0 Å². The SMILES string of the molecule is C=CCN1C(=O)/C(=C/c2ccc(OC)c(COc3ccccc3[N+](=O)[O-])c2)C(=O)NC1=S. The van der Waals surface area contributed by atoms with Crippen LogP contribution in [-0.4, -0.2) is 40.4 Å². The molecule has 0 aromatic heterocycles. The molecule has 1 N–H and O–H groups in total. The molecule has 1 fully saturated rings. The summed E-state index contributed by atoms with van der Waals surface area (Å²) in [7, 11) is 1.48. The zero-order chi connectivity index (χ0) is 23.3. The summed E-state index contributed by atoms with van der Waals surface area (Å²) >= 11 is 5.04. The molecule has 2 aromatic carbocycles. The molecule has 0 spiro atoms. The summed E-state index contributed by atoms with van der Waals surface area (Å²) in [4.78, 5) is 36.9. The van der Waals surface area contributed by atoms with Gasteiger partial charge in [-0.2, -0.15) is 0 Å². The van der Waals surface area contributed by atoms with Crippen molar-refractivity contribution in [3.8, 4) is 11.5 Å². The number of nitro benzene ring substituents is 1. The van der Waals surface area contributed by atoms with Gasteiger partial charge in [-0.25, -0.2) is 0 Å². The van der Waals surface area contributed by atoms with E-state index in [0.717, 1.165) is 0 Å². The van der Waals surface area contributed by atoms with Crippen molar-refractivity contribution in [3.05, 3.63) is 81.9 Å². The summed E-state index contributed by atoms with van der Waals surface area (Å²) in [6.45, 7) is 3.72. The smallest absolute Gasteiger partial charge is 0.310 e. The van der Waals surface area contributed by atoms with E-state index in [1.54, 1.807) is 30.3 Å². The van der Waals surface area contributed by atoms with Crippen LogP contribution in [0.5, 0.6) is 11.5 Å². The number of nitro groups is 1. The van der Waals surface area contributed by atoms with Gasteiger partial charge < -0.3 is 9.47 Å². The summed E-state index contributed by atoms with van der Waals surface area (Å²) in [5.74, 6) is -0.542. The maximum Gasteiger partial charge on any atom is 0.310 e. The van der Waals surface area contributed by atoms with E-state index < -0.39 is 16.7 Å². The molecule has 0 bridgehead atoms. The Morgan fingerprint density at radius 3 is 2.66 bits per heavy atom. The summed E-state index contributed by atoms with van der Waals surface area (Å²) in [6, 6.07) is 11.0. The van der Waals surface area contributed by atoms with Crippen molar-refractivity contribution in [2.24, 2.45) is 0 Å². The number of hydrogen-bond donors (Lipinski definition) is 1. The predicted octanol–water partition coefficient (Wildman–Crippen LogP) is 3.00. The van der Waals surface area contributed by atoms with Crippen molar-refractivity contribution in [1.29, 1.82) is 0 Å². The standard InChI is InChI=1S/C22H19N3O6S/c1-3-10-24-21(27)16(20(26)23-22(24)32)12-14-8-9-18(30-2)15(11-14)13-31-19-7-5-4-6-17(19)25(28)29/h3-9,11-12H,1,10,13H2,2H3,(H,23,26,32)/b16-12+. The molecule has 0 radical (unpaired) electrons. The fourth-order valence-corrected chi connectivity index (χ4v) is 3.29. The first-order valence-corrected chi connectivity index (χ1v) is 9.79. The Bertz CT molecular complexity index is 1140. The molecule has 32 heavy (non-hydrogen) atoms. The molecule has 2 aromatic rings. The zero-order valence-electron chi connectivity index (χ0n) is 17.1. The normalized spacial score (nSPS) is 14.8. The lowest BCUT2D eigenvalue weighted by atomic mass is 10.0. The first-order chi connectivity index (χ1) is 15.3. The van der Waals surface area contributed by atoms with Gasteiger partial charge in [0.05, 0.1) is 12.0 Å². The maximum atomic E-state index is 12.7. The number of methoxy groups -OCH3 is 1. The molecule has 9 nitrogen and oxygen atoms in total. The summed E-state index contributed by atoms with van der Waals surface area (Å²) in [6.07, 6.45) is 2.94. The molecule has 0 atom stereocenters. The molecule has 164 valence electrons. The summed E-state index contributed by atoms with van der Waals surface area (Å²) in [5.41, 5.74) is 0.864. The first kappa shape index (κ1) is 22.6. The molecule has 2 amide bonds. The number of hydrogen-bond acceptors (Lipinski definition) is 7. The molecular formula is C22H19N3O6S. The molecule has 0 aliphatic carbocycles. The van der Waals surface area contributed by atoms with E-state index in [1.807, 2.05) is 0 Å². The van der Waals surface area contributed by atoms with Gasteiger partial charge in [0.15, 0.2) is 10.9 Å². The van der Waals surface area contributed by atoms with Gasteiger partial charge in [0, 0.05) is 18.2 Å². The van der Waals surface area contributed by atoms with Crippen molar-refractivity contribution in [1.82, 2.24) is 10.2 Å². The number of carbonyl (C=O) groups is 2. The number of rotatable bonds is 8. The number of carbonyl (C=O) groups excluding carboxylic acids is 2. The fraction of sp³-hybridized carbons (Fsp3) is 0.136. The number of amides is 2. The van der Waals surface area contributed by atoms with E-state index >= 15 is 0 Å². The van der Waals surface area contributed by atoms with Crippen LogP contribution < -0.4 is 14.8 Å². The van der Waals surface area contributed by atoms with Gasteiger partial charge in [-0.15, -0.1) is 6.58 Å². The quantitative estimate of drug-likeness (QED) is 0.163. The third-order valence-corrected chi connectivity index (χ3v) is 4.88. The topological polar surface area (TPSA) is 111 Å². The predicted molar refractivity (Wildman–Crippen MR) is 121 cm³/mol. The minimum atomic E-state index is -0.603. The second kappa shape index (κ2) is 9.84. The minimum Gasteiger partial charge on any atom is -0.496 e. The lowest BCUT2D eigenvalue weighted by Gasteiger charge is -2.27. The molecule has 1 aliphatic heterocycles. The van der Waals surface area contributed by atoms with E-state index in [9.17, 15) is 19.7 Å². The summed E-state index contributed by atoms with van der Waals surface area (Å²) in [5, 5.41) is 13.7. The van der Waals surface area contributed by atoms with Gasteiger partial charge in [0.2, 0.25) is 0 Å². The van der Waals surface area contributed by atoms with Gasteiger partial charge in [0.1, 0.15) is 17.9 Å². The van der Waals surface area contributed by atoms with Crippen LogP contribution in [0.25, 0.3) is 6.08 Å². The highest BCUT2D eigenvalue weighted by Crippen LogP contribution is 2.29. The van der Waals surface area contributed by atoms with E-state index in [4.69, 9.17) is 21.7 Å². The molecule has 3 rings (SSSR count).